The van der Waals surface area contributed by atoms with Gasteiger partial charge in [0.15, 0.2) is 0 Å². The van der Waals surface area contributed by atoms with Gasteiger partial charge in [-0.3, -0.25) is 0 Å². The summed E-state index contributed by atoms with van der Waals surface area (Å²) in [6.45, 7) is 2.28. The summed E-state index contributed by atoms with van der Waals surface area (Å²) in [4.78, 5) is 27.1. The van der Waals surface area contributed by atoms with Crippen molar-refractivity contribution in [1.82, 2.24) is 0 Å². The van der Waals surface area contributed by atoms with Crippen LogP contribution in [0.3, 0.4) is 0 Å². The Morgan fingerprint density at radius 3 is 2.60 bits per heavy atom. The van der Waals surface area contributed by atoms with Crippen LogP contribution in [0.2, 0.25) is 0 Å². The largest absolute Gasteiger partial charge is 0.240 e. The van der Waals surface area contributed by atoms with Gasteiger partial charge in [0.2, 0.25) is 12.2 Å². The van der Waals surface area contributed by atoms with E-state index in [1.807, 2.05) is 13.0 Å². The lowest BCUT2D eigenvalue weighted by Crippen LogP contribution is -1.90. The van der Waals surface area contributed by atoms with Crippen LogP contribution in [-0.2, 0) is 22.6 Å². The normalized spacial score (nSPS) is 8.87. The van der Waals surface area contributed by atoms with E-state index < -0.39 is 0 Å². The number of rotatable bonds is 4. The summed E-state index contributed by atoms with van der Waals surface area (Å²) in [6.07, 6.45) is 3.80. The van der Waals surface area contributed by atoms with Crippen molar-refractivity contribution >= 4 is 17.8 Å². The Morgan fingerprint density at radius 1 is 1.20 bits per heavy atom. The second kappa shape index (κ2) is 5.66. The lowest BCUT2D eigenvalue weighted by Gasteiger charge is -2.04. The molecule has 0 aromatic heterocycles. The van der Waals surface area contributed by atoms with Gasteiger partial charge in [0.25, 0.3) is 0 Å². The van der Waals surface area contributed by atoms with Crippen molar-refractivity contribution in [2.45, 2.75) is 19.9 Å². The molecular weight excluding hydrogens is 192 g/mol. The average Bonchev–Trinajstić information content (AvgIpc) is 2.27. The number of nitrogens with zero attached hydrogens (tertiary/aromatic N) is 2. The van der Waals surface area contributed by atoms with E-state index in [0.29, 0.717) is 5.69 Å². The average molecular weight is 202 g/mol. The van der Waals surface area contributed by atoms with Crippen molar-refractivity contribution in [2.75, 3.05) is 0 Å². The quantitative estimate of drug-likeness (QED) is 0.554. The highest BCUT2D eigenvalue weighted by molar-refractivity contribution is 5.51. The standard InChI is InChI=1S/C11H10N2O2/c1-2-9-3-4-11(13-8-15)5-10(9)6-12-7-14/h3-5H,2,6H2,1H3. The van der Waals surface area contributed by atoms with Crippen molar-refractivity contribution in [2.24, 2.45) is 9.98 Å². The van der Waals surface area contributed by atoms with Crippen molar-refractivity contribution < 1.29 is 9.59 Å². The van der Waals surface area contributed by atoms with E-state index in [9.17, 15) is 9.59 Å². The van der Waals surface area contributed by atoms with Gasteiger partial charge in [-0.1, -0.05) is 13.0 Å². The zero-order chi connectivity index (χ0) is 11.1. The molecule has 76 valence electrons. The molecule has 0 atom stereocenters. The number of aryl methyl sites for hydroxylation is 1. The molecule has 0 unspecified atom stereocenters. The van der Waals surface area contributed by atoms with E-state index in [1.54, 1.807) is 12.1 Å². The van der Waals surface area contributed by atoms with E-state index in [1.165, 1.54) is 12.2 Å². The molecule has 0 aliphatic rings. The van der Waals surface area contributed by atoms with E-state index in [2.05, 4.69) is 9.98 Å². The van der Waals surface area contributed by atoms with Crippen molar-refractivity contribution in [3.05, 3.63) is 29.3 Å². The molecule has 0 saturated heterocycles. The third-order valence-electron chi connectivity index (χ3n) is 2.06. The van der Waals surface area contributed by atoms with Gasteiger partial charge in [0.05, 0.1) is 12.2 Å². The molecule has 1 aromatic rings. The molecule has 15 heavy (non-hydrogen) atoms. The second-order valence-corrected chi connectivity index (χ2v) is 2.92. The number of hydrogen-bond donors (Lipinski definition) is 0. The van der Waals surface area contributed by atoms with Gasteiger partial charge in [-0.05, 0) is 29.7 Å². The summed E-state index contributed by atoms with van der Waals surface area (Å²) in [7, 11) is 0. The van der Waals surface area contributed by atoms with Gasteiger partial charge in [0, 0.05) is 0 Å². The fraction of sp³-hybridized carbons (Fsp3) is 0.273. The molecule has 1 aromatic carbocycles. The van der Waals surface area contributed by atoms with E-state index in [-0.39, 0.29) is 6.54 Å². The second-order valence-electron chi connectivity index (χ2n) is 2.92. The Morgan fingerprint density at radius 2 is 2.00 bits per heavy atom. The molecule has 0 aliphatic carbocycles. The fourth-order valence-corrected chi connectivity index (χ4v) is 1.34. The zero-order valence-corrected chi connectivity index (χ0v) is 8.36. The monoisotopic (exact) mass is 202 g/mol. The molecular formula is C11H10N2O2. The molecule has 4 heteroatoms. The van der Waals surface area contributed by atoms with Crippen molar-refractivity contribution in [3.63, 3.8) is 0 Å². The maximum Gasteiger partial charge on any atom is 0.240 e. The Kier molecular flexibility index (Phi) is 4.17. The minimum atomic E-state index is 0.273. The molecule has 0 aliphatic heterocycles. The molecule has 0 fully saturated rings. The van der Waals surface area contributed by atoms with E-state index in [4.69, 9.17) is 0 Å². The summed E-state index contributed by atoms with van der Waals surface area (Å²) in [6, 6.07) is 5.33. The maximum absolute atomic E-state index is 10.1. The third-order valence-corrected chi connectivity index (χ3v) is 2.06. The Bertz CT molecular complexity index is 442. The topological polar surface area (TPSA) is 58.9 Å². The number of hydrogen-bond acceptors (Lipinski definition) is 4. The molecule has 0 saturated carbocycles. The van der Waals surface area contributed by atoms with E-state index in [0.717, 1.165) is 17.5 Å². The molecule has 0 bridgehead atoms. The summed E-state index contributed by atoms with van der Waals surface area (Å²) < 4.78 is 0. The Balaban J connectivity index is 3.11. The van der Waals surface area contributed by atoms with E-state index >= 15 is 0 Å². The van der Waals surface area contributed by atoms with Crippen LogP contribution in [0.1, 0.15) is 18.1 Å². The van der Waals surface area contributed by atoms with Crippen LogP contribution in [-0.4, -0.2) is 12.2 Å². The van der Waals surface area contributed by atoms with Gasteiger partial charge in [-0.25, -0.2) is 14.6 Å². The first kappa shape index (κ1) is 11.1. The van der Waals surface area contributed by atoms with Gasteiger partial charge < -0.3 is 0 Å². The highest BCUT2D eigenvalue weighted by atomic mass is 16.1. The summed E-state index contributed by atoms with van der Waals surface area (Å²) in [5.41, 5.74) is 2.49. The van der Waals surface area contributed by atoms with Crippen LogP contribution in [0.25, 0.3) is 0 Å². The third kappa shape index (κ3) is 2.99. The van der Waals surface area contributed by atoms with Crippen molar-refractivity contribution in [3.8, 4) is 0 Å². The molecule has 0 amide bonds. The molecule has 1 rings (SSSR count). The predicted octanol–water partition coefficient (Wildman–Crippen LogP) is 2.05. The highest BCUT2D eigenvalue weighted by Gasteiger charge is 2.01. The fourth-order valence-electron chi connectivity index (χ4n) is 1.34. The molecule has 0 spiro atoms. The Hall–Kier alpha value is -2.02. The number of aliphatic imine (C=N–C) groups is 2. The van der Waals surface area contributed by atoms with Crippen LogP contribution in [0.15, 0.2) is 28.2 Å². The van der Waals surface area contributed by atoms with Crippen LogP contribution in [0.5, 0.6) is 0 Å². The van der Waals surface area contributed by atoms with Gasteiger partial charge in [-0.2, -0.15) is 4.99 Å². The zero-order valence-electron chi connectivity index (χ0n) is 8.36. The lowest BCUT2D eigenvalue weighted by molar-refractivity contribution is 0.562. The highest BCUT2D eigenvalue weighted by Crippen LogP contribution is 2.19. The number of isocyanates is 2. The Labute approximate surface area is 87.4 Å². The molecule has 0 N–H and O–H groups in total. The number of benzene rings is 1. The first-order valence-electron chi connectivity index (χ1n) is 4.55. The smallest absolute Gasteiger partial charge is 0.211 e. The van der Waals surface area contributed by atoms with Crippen molar-refractivity contribution in [1.29, 1.82) is 0 Å². The summed E-state index contributed by atoms with van der Waals surface area (Å²) in [5, 5.41) is 0. The van der Waals surface area contributed by atoms with Crippen LogP contribution in [0.4, 0.5) is 5.69 Å². The first-order chi connectivity index (χ1) is 7.31. The summed E-state index contributed by atoms with van der Waals surface area (Å²) in [5.74, 6) is 0. The van der Waals surface area contributed by atoms with Crippen LogP contribution in [0, 0.1) is 0 Å². The molecule has 0 heterocycles. The summed E-state index contributed by atoms with van der Waals surface area (Å²) >= 11 is 0. The SMILES string of the molecule is CCc1ccc(N=C=O)cc1CN=C=O. The minimum Gasteiger partial charge on any atom is -0.211 e. The molecule has 0 radical (unpaired) electrons. The van der Waals surface area contributed by atoms with Gasteiger partial charge in [0.1, 0.15) is 0 Å². The molecule has 4 nitrogen and oxygen atoms in total. The first-order valence-corrected chi connectivity index (χ1v) is 4.55. The lowest BCUT2D eigenvalue weighted by atomic mass is 10.0. The minimum absolute atomic E-state index is 0.273. The van der Waals surface area contributed by atoms with Crippen LogP contribution >= 0.6 is 0 Å². The number of carbonyl (C=O) groups excluding carboxylic acids is 2. The maximum atomic E-state index is 10.1. The van der Waals surface area contributed by atoms with Crippen LogP contribution < -0.4 is 0 Å². The van der Waals surface area contributed by atoms with Gasteiger partial charge in [-0.15, -0.1) is 0 Å². The predicted molar refractivity (Wildman–Crippen MR) is 55.4 cm³/mol. The van der Waals surface area contributed by atoms with Gasteiger partial charge >= 0.3 is 0 Å².